The third kappa shape index (κ3) is 2.36. The van der Waals surface area contributed by atoms with Crippen molar-refractivity contribution in [2.24, 2.45) is 0 Å². The topological polar surface area (TPSA) is 46.9 Å². The van der Waals surface area contributed by atoms with Crippen molar-refractivity contribution in [3.63, 3.8) is 0 Å². The fourth-order valence-corrected chi connectivity index (χ4v) is 1.64. The summed E-state index contributed by atoms with van der Waals surface area (Å²) < 4.78 is 54.1. The van der Waals surface area contributed by atoms with Crippen LogP contribution >= 0.6 is 0 Å². The second kappa shape index (κ2) is 5.32. The predicted octanol–water partition coefficient (Wildman–Crippen LogP) is 2.71. The zero-order valence-corrected chi connectivity index (χ0v) is 10.3. The van der Waals surface area contributed by atoms with E-state index in [1.807, 2.05) is 5.32 Å². The number of nitrogens with zero attached hydrogens (tertiary/aromatic N) is 2. The number of anilines is 1. The van der Waals surface area contributed by atoms with Gasteiger partial charge in [-0.2, -0.15) is 5.10 Å². The normalized spacial score (nSPS) is 10.7. The third-order valence-electron chi connectivity index (χ3n) is 2.60. The number of carbonyl (C=O) groups excluding carboxylic acids is 1. The first kappa shape index (κ1) is 14.0. The molecule has 8 heteroatoms. The highest BCUT2D eigenvalue weighted by Gasteiger charge is 2.22. The van der Waals surface area contributed by atoms with Crippen LogP contribution in [0.1, 0.15) is 17.4 Å². The lowest BCUT2D eigenvalue weighted by molar-refractivity contribution is 0.101. The van der Waals surface area contributed by atoms with Gasteiger partial charge in [-0.25, -0.2) is 17.6 Å². The molecule has 2 rings (SSSR count). The van der Waals surface area contributed by atoms with Gasteiger partial charge in [-0.15, -0.1) is 0 Å². The lowest BCUT2D eigenvalue weighted by Crippen LogP contribution is -2.19. The van der Waals surface area contributed by atoms with Crippen LogP contribution in [0, 0.1) is 23.3 Å². The Morgan fingerprint density at radius 2 is 1.85 bits per heavy atom. The summed E-state index contributed by atoms with van der Waals surface area (Å²) >= 11 is 0. The molecule has 1 heterocycles. The van der Waals surface area contributed by atoms with E-state index in [-0.39, 0.29) is 11.8 Å². The minimum absolute atomic E-state index is 0.0102. The van der Waals surface area contributed by atoms with Crippen LogP contribution in [0.2, 0.25) is 0 Å². The standard InChI is InChI=1S/C12H9F4N3O/c1-2-19-8(3-4-17-19)12(20)18-11-9(15)6(13)5-7(14)10(11)16/h3-5H,2H2,1H3,(H,18,20). The maximum absolute atomic E-state index is 13.4. The largest absolute Gasteiger partial charge is 0.316 e. The van der Waals surface area contributed by atoms with Crippen molar-refractivity contribution in [3.8, 4) is 0 Å². The Bertz CT molecular complexity index is 643. The summed E-state index contributed by atoms with van der Waals surface area (Å²) in [6.45, 7) is 2.05. The van der Waals surface area contributed by atoms with Gasteiger partial charge in [0.05, 0.1) is 0 Å². The van der Waals surface area contributed by atoms with E-state index in [1.54, 1.807) is 6.92 Å². The highest BCUT2D eigenvalue weighted by molar-refractivity contribution is 6.03. The van der Waals surface area contributed by atoms with Crippen LogP contribution in [0.25, 0.3) is 0 Å². The van der Waals surface area contributed by atoms with Crippen molar-refractivity contribution >= 4 is 11.6 Å². The first-order valence-electron chi connectivity index (χ1n) is 5.61. The highest BCUT2D eigenvalue weighted by atomic mass is 19.2. The first-order chi connectivity index (χ1) is 9.45. The van der Waals surface area contributed by atoms with Crippen LogP contribution in [0.4, 0.5) is 23.2 Å². The minimum atomic E-state index is -1.67. The molecule has 0 unspecified atom stereocenters. The van der Waals surface area contributed by atoms with Gasteiger partial charge < -0.3 is 5.32 Å². The highest BCUT2D eigenvalue weighted by Crippen LogP contribution is 2.24. The van der Waals surface area contributed by atoms with Crippen LogP contribution in [-0.2, 0) is 6.54 Å². The van der Waals surface area contributed by atoms with E-state index in [2.05, 4.69) is 5.10 Å². The van der Waals surface area contributed by atoms with Gasteiger partial charge in [0.25, 0.3) is 5.91 Å². The molecular formula is C12H9F4N3O. The molecular weight excluding hydrogens is 278 g/mol. The van der Waals surface area contributed by atoms with Gasteiger partial charge >= 0.3 is 0 Å². The van der Waals surface area contributed by atoms with Crippen molar-refractivity contribution in [3.05, 3.63) is 47.3 Å². The molecule has 0 fully saturated rings. The molecule has 0 radical (unpaired) electrons. The predicted molar refractivity (Wildman–Crippen MR) is 62.1 cm³/mol. The molecule has 0 atom stereocenters. The Hall–Kier alpha value is -2.38. The van der Waals surface area contributed by atoms with Crippen molar-refractivity contribution in [1.82, 2.24) is 9.78 Å². The van der Waals surface area contributed by atoms with Gasteiger partial charge in [0.2, 0.25) is 0 Å². The maximum atomic E-state index is 13.4. The van der Waals surface area contributed by atoms with E-state index in [9.17, 15) is 22.4 Å². The van der Waals surface area contributed by atoms with Crippen LogP contribution in [0.15, 0.2) is 18.3 Å². The number of amides is 1. The molecule has 0 spiro atoms. The molecule has 0 bridgehead atoms. The van der Waals surface area contributed by atoms with E-state index in [0.29, 0.717) is 6.54 Å². The third-order valence-corrected chi connectivity index (χ3v) is 2.60. The van der Waals surface area contributed by atoms with Gasteiger partial charge in [0.1, 0.15) is 11.4 Å². The molecule has 20 heavy (non-hydrogen) atoms. The Labute approximate surface area is 111 Å². The minimum Gasteiger partial charge on any atom is -0.316 e. The summed E-state index contributed by atoms with van der Waals surface area (Å²) in [5.74, 6) is -7.45. The molecule has 4 nitrogen and oxygen atoms in total. The summed E-state index contributed by atoms with van der Waals surface area (Å²) in [6.07, 6.45) is 1.32. The number of halogens is 4. The Kier molecular flexibility index (Phi) is 3.73. The molecule has 0 aliphatic carbocycles. The summed E-state index contributed by atoms with van der Waals surface area (Å²) in [5, 5.41) is 5.61. The van der Waals surface area contributed by atoms with Gasteiger partial charge in [-0.1, -0.05) is 0 Å². The Morgan fingerprint density at radius 1 is 1.25 bits per heavy atom. The molecule has 0 saturated carbocycles. The average molecular weight is 287 g/mol. The second-order valence-corrected chi connectivity index (χ2v) is 3.83. The summed E-state index contributed by atoms with van der Waals surface area (Å²) in [5.41, 5.74) is -1.16. The quantitative estimate of drug-likeness (QED) is 0.697. The number of rotatable bonds is 3. The van der Waals surface area contributed by atoms with E-state index in [0.717, 1.165) is 0 Å². The Balaban J connectivity index is 2.38. The summed E-state index contributed by atoms with van der Waals surface area (Å²) in [7, 11) is 0. The van der Waals surface area contributed by atoms with Crippen LogP contribution in [-0.4, -0.2) is 15.7 Å². The molecule has 106 valence electrons. The number of aromatic nitrogens is 2. The van der Waals surface area contributed by atoms with Crippen LogP contribution in [0.5, 0.6) is 0 Å². The monoisotopic (exact) mass is 287 g/mol. The number of carbonyl (C=O) groups is 1. The molecule has 2 aromatic rings. The lowest BCUT2D eigenvalue weighted by atomic mass is 10.2. The number of nitrogens with one attached hydrogen (secondary N) is 1. The zero-order valence-electron chi connectivity index (χ0n) is 10.3. The Morgan fingerprint density at radius 3 is 2.40 bits per heavy atom. The first-order valence-corrected chi connectivity index (χ1v) is 5.61. The van der Waals surface area contributed by atoms with Crippen molar-refractivity contribution in [2.45, 2.75) is 13.5 Å². The lowest BCUT2D eigenvalue weighted by Gasteiger charge is -2.09. The number of benzene rings is 1. The fraction of sp³-hybridized carbons (Fsp3) is 0.167. The molecule has 1 amide bonds. The SMILES string of the molecule is CCn1nccc1C(=O)Nc1c(F)c(F)cc(F)c1F. The number of aryl methyl sites for hydroxylation is 1. The maximum Gasteiger partial charge on any atom is 0.274 e. The second-order valence-electron chi connectivity index (χ2n) is 3.83. The fourth-order valence-electron chi connectivity index (χ4n) is 1.64. The number of hydrogen-bond acceptors (Lipinski definition) is 2. The number of hydrogen-bond donors (Lipinski definition) is 1. The van der Waals surface area contributed by atoms with E-state index >= 15 is 0 Å². The van der Waals surface area contributed by atoms with Crippen molar-refractivity contribution in [1.29, 1.82) is 0 Å². The van der Waals surface area contributed by atoms with E-state index < -0.39 is 34.9 Å². The van der Waals surface area contributed by atoms with Crippen molar-refractivity contribution in [2.75, 3.05) is 5.32 Å². The van der Waals surface area contributed by atoms with Crippen molar-refractivity contribution < 1.29 is 22.4 Å². The molecule has 0 saturated heterocycles. The van der Waals surface area contributed by atoms with Crippen LogP contribution < -0.4 is 5.32 Å². The zero-order chi connectivity index (χ0) is 14.9. The van der Waals surface area contributed by atoms with E-state index in [1.165, 1.54) is 16.9 Å². The molecule has 0 aliphatic rings. The van der Waals surface area contributed by atoms with E-state index in [4.69, 9.17) is 0 Å². The average Bonchev–Trinajstić information content (AvgIpc) is 2.89. The van der Waals surface area contributed by atoms with Crippen LogP contribution in [0.3, 0.4) is 0 Å². The smallest absolute Gasteiger partial charge is 0.274 e. The van der Waals surface area contributed by atoms with Gasteiger partial charge in [0, 0.05) is 18.8 Å². The molecule has 1 aromatic carbocycles. The molecule has 1 aromatic heterocycles. The molecule has 1 N–H and O–H groups in total. The van der Waals surface area contributed by atoms with Gasteiger partial charge in [-0.3, -0.25) is 9.48 Å². The van der Waals surface area contributed by atoms with Gasteiger partial charge in [0.15, 0.2) is 23.3 Å². The summed E-state index contributed by atoms with van der Waals surface area (Å²) in [4.78, 5) is 11.8. The van der Waals surface area contributed by atoms with Gasteiger partial charge in [-0.05, 0) is 13.0 Å². The summed E-state index contributed by atoms with van der Waals surface area (Å²) in [6, 6.07) is 1.38. The molecule has 0 aliphatic heterocycles.